The Hall–Kier alpha value is -3.33. The maximum Gasteiger partial charge on any atom is 0.256 e. The second kappa shape index (κ2) is 10.8. The van der Waals surface area contributed by atoms with Crippen LogP contribution in [0.15, 0.2) is 47.5 Å². The second-order valence-electron chi connectivity index (χ2n) is 9.51. The van der Waals surface area contributed by atoms with Crippen molar-refractivity contribution in [1.29, 1.82) is 0 Å². The van der Waals surface area contributed by atoms with Gasteiger partial charge in [-0.05, 0) is 50.2 Å². The number of benzene rings is 2. The summed E-state index contributed by atoms with van der Waals surface area (Å²) in [6.45, 7) is 6.54. The number of amidine groups is 1. The van der Waals surface area contributed by atoms with Crippen LogP contribution in [0, 0.1) is 0 Å². The van der Waals surface area contributed by atoms with Gasteiger partial charge >= 0.3 is 0 Å². The maximum atomic E-state index is 13.0. The largest absolute Gasteiger partial charge is 0.495 e. The number of halogens is 2. The lowest BCUT2D eigenvalue weighted by Crippen LogP contribution is -2.54. The van der Waals surface area contributed by atoms with E-state index < -0.39 is 0 Å². The standard InChI is InChI=1S/C28H29Cl2N5O3/c1-15-13-35(14-16(2)32-15)18-7-5-17(6-8-18)28(36)34-27-19-9-10-20(33-21(19)12-31-27)24-25(29)22(37-3)11-23(38-4)26(24)30/h5-11,15-16,32H,12-14H2,1-4H3,(H,31,34,36)/t15-,16+. The lowest BCUT2D eigenvalue weighted by atomic mass is 10.1. The molecule has 0 saturated carbocycles. The molecule has 2 N–H and O–H groups in total. The van der Waals surface area contributed by atoms with Crippen molar-refractivity contribution in [1.82, 2.24) is 15.6 Å². The molecule has 0 spiro atoms. The Morgan fingerprint density at radius 1 is 1.00 bits per heavy atom. The number of aromatic nitrogens is 1. The Balaban J connectivity index is 1.33. The lowest BCUT2D eigenvalue weighted by Gasteiger charge is -2.37. The van der Waals surface area contributed by atoms with E-state index in [0.29, 0.717) is 68.5 Å². The highest BCUT2D eigenvalue weighted by atomic mass is 35.5. The van der Waals surface area contributed by atoms with Crippen LogP contribution in [0.4, 0.5) is 5.69 Å². The molecular formula is C28H29Cl2N5O3. The summed E-state index contributed by atoms with van der Waals surface area (Å²) in [7, 11) is 3.05. The maximum absolute atomic E-state index is 13.0. The lowest BCUT2D eigenvalue weighted by molar-refractivity contribution is 0.0977. The Morgan fingerprint density at radius 3 is 2.24 bits per heavy atom. The molecule has 3 aromatic rings. The third kappa shape index (κ3) is 5.04. The number of fused-ring (bicyclic) bond motifs is 1. The predicted molar refractivity (Wildman–Crippen MR) is 151 cm³/mol. The number of anilines is 1. The van der Waals surface area contributed by atoms with Gasteiger partial charge < -0.3 is 25.0 Å². The zero-order chi connectivity index (χ0) is 27.0. The van der Waals surface area contributed by atoms with Crippen LogP contribution in [0.3, 0.4) is 0 Å². The number of hydrogen-bond donors (Lipinski definition) is 2. The average Bonchev–Trinajstić information content (AvgIpc) is 3.30. The first kappa shape index (κ1) is 26.3. The molecule has 38 heavy (non-hydrogen) atoms. The van der Waals surface area contributed by atoms with Crippen LogP contribution < -0.4 is 25.0 Å². The van der Waals surface area contributed by atoms with Gasteiger partial charge in [-0.1, -0.05) is 23.2 Å². The van der Waals surface area contributed by atoms with E-state index in [9.17, 15) is 4.79 Å². The predicted octanol–water partition coefficient (Wildman–Crippen LogP) is 4.95. The fraction of sp³-hybridized carbons (Fsp3) is 0.321. The minimum Gasteiger partial charge on any atom is -0.495 e. The molecule has 1 aromatic heterocycles. The van der Waals surface area contributed by atoms with Gasteiger partial charge in [-0.2, -0.15) is 0 Å². The summed E-state index contributed by atoms with van der Waals surface area (Å²) in [5.74, 6) is 1.12. The molecule has 198 valence electrons. The van der Waals surface area contributed by atoms with Crippen molar-refractivity contribution in [3.05, 3.63) is 69.3 Å². The van der Waals surface area contributed by atoms with Gasteiger partial charge in [0.05, 0.1) is 42.2 Å². The van der Waals surface area contributed by atoms with Gasteiger partial charge in [-0.15, -0.1) is 0 Å². The van der Waals surface area contributed by atoms with E-state index in [4.69, 9.17) is 37.7 Å². The number of piperazine rings is 1. The van der Waals surface area contributed by atoms with Gasteiger partial charge in [0.2, 0.25) is 0 Å². The van der Waals surface area contributed by atoms with E-state index in [-0.39, 0.29) is 5.91 Å². The smallest absolute Gasteiger partial charge is 0.256 e. The van der Waals surface area contributed by atoms with Crippen molar-refractivity contribution in [2.45, 2.75) is 32.5 Å². The molecule has 8 nitrogen and oxygen atoms in total. The fourth-order valence-electron chi connectivity index (χ4n) is 4.97. The zero-order valence-electron chi connectivity index (χ0n) is 21.6. The molecule has 1 fully saturated rings. The van der Waals surface area contributed by atoms with Crippen LogP contribution >= 0.6 is 23.2 Å². The van der Waals surface area contributed by atoms with Crippen LogP contribution in [0.25, 0.3) is 11.3 Å². The Kier molecular flexibility index (Phi) is 7.47. The van der Waals surface area contributed by atoms with Crippen molar-refractivity contribution < 1.29 is 14.3 Å². The molecule has 5 rings (SSSR count). The van der Waals surface area contributed by atoms with Gasteiger partial charge in [-0.25, -0.2) is 4.98 Å². The number of rotatable bonds is 5. The number of carbonyl (C=O) groups excluding carboxylic acids is 1. The average molecular weight is 554 g/mol. The minimum atomic E-state index is -0.224. The molecule has 1 amide bonds. The summed E-state index contributed by atoms with van der Waals surface area (Å²) in [4.78, 5) is 24.6. The molecule has 10 heteroatoms. The fourth-order valence-corrected chi connectivity index (χ4v) is 5.67. The third-order valence-electron chi connectivity index (χ3n) is 6.73. The molecule has 3 heterocycles. The minimum absolute atomic E-state index is 0.224. The number of nitrogens with one attached hydrogen (secondary N) is 2. The van der Waals surface area contributed by atoms with Crippen molar-refractivity contribution in [2.24, 2.45) is 4.99 Å². The molecule has 0 aliphatic carbocycles. The van der Waals surface area contributed by atoms with Gasteiger partial charge in [0, 0.05) is 53.6 Å². The number of ether oxygens (including phenoxy) is 2. The summed E-state index contributed by atoms with van der Waals surface area (Å²) in [6.07, 6.45) is 0. The van der Waals surface area contributed by atoms with Crippen molar-refractivity contribution in [3.63, 3.8) is 0 Å². The first-order chi connectivity index (χ1) is 18.3. The molecule has 0 unspecified atom stereocenters. The normalized spacial score (nSPS) is 18.6. The Bertz CT molecular complexity index is 1370. The van der Waals surface area contributed by atoms with Crippen LogP contribution in [0.2, 0.25) is 10.0 Å². The topological polar surface area (TPSA) is 88.1 Å². The first-order valence-corrected chi connectivity index (χ1v) is 13.1. The van der Waals surface area contributed by atoms with Gasteiger partial charge in [0.25, 0.3) is 5.91 Å². The van der Waals surface area contributed by atoms with E-state index in [1.54, 1.807) is 12.1 Å². The molecular weight excluding hydrogens is 525 g/mol. The number of amides is 1. The van der Waals surface area contributed by atoms with Crippen LogP contribution in [0.5, 0.6) is 11.5 Å². The SMILES string of the molecule is COc1cc(OC)c(Cl)c(-c2ccc3c(n2)CN=C3NC(=O)c2ccc(N3C[C@@H](C)N[C@@H](C)C3)cc2)c1Cl. The van der Waals surface area contributed by atoms with E-state index in [1.165, 1.54) is 14.2 Å². The number of nitrogens with zero attached hydrogens (tertiary/aromatic N) is 3. The molecule has 0 bridgehead atoms. The number of aliphatic imine (C=N–C) groups is 1. The molecule has 2 aliphatic rings. The molecule has 1 saturated heterocycles. The van der Waals surface area contributed by atoms with Crippen molar-refractivity contribution in [3.8, 4) is 22.8 Å². The van der Waals surface area contributed by atoms with E-state index in [0.717, 1.165) is 24.3 Å². The summed E-state index contributed by atoms with van der Waals surface area (Å²) < 4.78 is 10.8. The van der Waals surface area contributed by atoms with E-state index in [1.807, 2.05) is 30.3 Å². The molecule has 0 radical (unpaired) electrons. The van der Waals surface area contributed by atoms with Crippen LogP contribution in [-0.4, -0.2) is 56.1 Å². The second-order valence-corrected chi connectivity index (χ2v) is 10.3. The highest BCUT2D eigenvalue weighted by Gasteiger charge is 2.25. The molecule has 2 atom stereocenters. The molecule has 2 aromatic carbocycles. The van der Waals surface area contributed by atoms with Gasteiger partial charge in [0.1, 0.15) is 17.3 Å². The Labute approximate surface area is 232 Å². The number of methoxy groups -OCH3 is 2. The summed E-state index contributed by atoms with van der Waals surface area (Å²) >= 11 is 13.1. The number of pyridine rings is 1. The highest BCUT2D eigenvalue weighted by molar-refractivity contribution is 6.41. The Morgan fingerprint density at radius 2 is 1.63 bits per heavy atom. The highest BCUT2D eigenvalue weighted by Crippen LogP contribution is 2.45. The van der Waals surface area contributed by atoms with Crippen LogP contribution in [0.1, 0.15) is 35.5 Å². The van der Waals surface area contributed by atoms with E-state index in [2.05, 4.69) is 34.4 Å². The third-order valence-corrected chi connectivity index (χ3v) is 7.48. The monoisotopic (exact) mass is 553 g/mol. The van der Waals surface area contributed by atoms with Crippen molar-refractivity contribution >= 4 is 40.6 Å². The first-order valence-electron chi connectivity index (χ1n) is 12.4. The summed E-state index contributed by atoms with van der Waals surface area (Å²) in [5.41, 5.74) is 4.21. The van der Waals surface area contributed by atoms with E-state index >= 15 is 0 Å². The number of hydrogen-bond acceptors (Lipinski definition) is 7. The van der Waals surface area contributed by atoms with Gasteiger partial charge in [-0.3, -0.25) is 9.79 Å². The van der Waals surface area contributed by atoms with Crippen molar-refractivity contribution in [2.75, 3.05) is 32.2 Å². The van der Waals surface area contributed by atoms with Gasteiger partial charge in [0.15, 0.2) is 0 Å². The van der Waals surface area contributed by atoms with Crippen LogP contribution in [-0.2, 0) is 6.54 Å². The summed E-state index contributed by atoms with van der Waals surface area (Å²) in [5, 5.41) is 7.15. The zero-order valence-corrected chi connectivity index (χ0v) is 23.2. The quantitative estimate of drug-likeness (QED) is 0.464. The summed E-state index contributed by atoms with van der Waals surface area (Å²) in [6, 6.07) is 13.8. The molecule has 2 aliphatic heterocycles. The number of carbonyl (C=O) groups is 1.